The topological polar surface area (TPSA) is 63.7 Å². The molecule has 1 N–H and O–H groups in total. The van der Waals surface area contributed by atoms with E-state index in [1.54, 1.807) is 5.38 Å². The van der Waals surface area contributed by atoms with Crippen molar-refractivity contribution in [1.29, 1.82) is 0 Å². The predicted molar refractivity (Wildman–Crippen MR) is 113 cm³/mol. The van der Waals surface area contributed by atoms with Gasteiger partial charge in [-0.15, -0.1) is 11.3 Å². The molecule has 1 saturated heterocycles. The molecular weight excluding hydrogens is 412 g/mol. The van der Waals surface area contributed by atoms with Gasteiger partial charge in [0, 0.05) is 30.6 Å². The first kappa shape index (κ1) is 22.4. The van der Waals surface area contributed by atoms with Crippen molar-refractivity contribution in [3.8, 4) is 17.0 Å². The Labute approximate surface area is 179 Å². The molecule has 0 spiro atoms. The van der Waals surface area contributed by atoms with Crippen molar-refractivity contribution in [1.82, 2.24) is 10.3 Å². The van der Waals surface area contributed by atoms with Crippen molar-refractivity contribution < 1.29 is 23.0 Å². The first-order valence-corrected chi connectivity index (χ1v) is 11.0. The molecule has 3 rings (SSSR count). The lowest BCUT2D eigenvalue weighted by atomic mass is 10.1. The first-order chi connectivity index (χ1) is 14.5. The smallest absolute Gasteiger partial charge is 0.257 e. The van der Waals surface area contributed by atoms with Gasteiger partial charge in [0.1, 0.15) is 0 Å². The molecule has 2 heterocycles. The Morgan fingerprint density at radius 1 is 1.37 bits per heavy atom. The van der Waals surface area contributed by atoms with E-state index >= 15 is 0 Å². The highest BCUT2D eigenvalue weighted by Crippen LogP contribution is 2.36. The Morgan fingerprint density at radius 3 is 2.87 bits per heavy atom. The molecule has 1 unspecified atom stereocenters. The predicted octanol–water partition coefficient (Wildman–Crippen LogP) is 3.86. The van der Waals surface area contributed by atoms with Crippen LogP contribution in [0.5, 0.6) is 5.75 Å². The maximum absolute atomic E-state index is 14.5. The quantitative estimate of drug-likeness (QED) is 0.643. The minimum atomic E-state index is -1.12. The van der Waals surface area contributed by atoms with E-state index in [0.717, 1.165) is 37.1 Å². The first-order valence-electron chi connectivity index (χ1n) is 10.2. The van der Waals surface area contributed by atoms with E-state index in [2.05, 4.69) is 29.0 Å². The number of hydrogen-bond acceptors (Lipinski definition) is 6. The summed E-state index contributed by atoms with van der Waals surface area (Å²) >= 11 is 1.42. The van der Waals surface area contributed by atoms with Gasteiger partial charge >= 0.3 is 0 Å². The lowest BCUT2D eigenvalue weighted by Crippen LogP contribution is -2.36. The van der Waals surface area contributed by atoms with Gasteiger partial charge in [-0.1, -0.05) is 20.3 Å². The lowest BCUT2D eigenvalue weighted by molar-refractivity contribution is -0.123. The summed E-state index contributed by atoms with van der Waals surface area (Å²) in [5.74, 6) is -2.33. The molecule has 6 nitrogen and oxygen atoms in total. The highest BCUT2D eigenvalue weighted by atomic mass is 32.1. The van der Waals surface area contributed by atoms with Crippen LogP contribution in [-0.4, -0.2) is 50.3 Å². The molecule has 0 bridgehead atoms. The fourth-order valence-corrected chi connectivity index (χ4v) is 3.89. The van der Waals surface area contributed by atoms with Crippen LogP contribution in [0.15, 0.2) is 17.5 Å². The molecule has 1 aliphatic heterocycles. The number of morpholine rings is 1. The number of ether oxygens (including phenoxy) is 2. The van der Waals surface area contributed by atoms with Gasteiger partial charge in [0.25, 0.3) is 5.91 Å². The Kier molecular flexibility index (Phi) is 7.98. The summed E-state index contributed by atoms with van der Waals surface area (Å²) in [6.07, 6.45) is 1.88. The van der Waals surface area contributed by atoms with E-state index < -0.39 is 18.2 Å². The number of carbonyl (C=O) groups excluding carboxylic acids is 1. The van der Waals surface area contributed by atoms with E-state index in [4.69, 9.17) is 9.47 Å². The summed E-state index contributed by atoms with van der Waals surface area (Å²) in [6, 6.07) is 2.46. The number of rotatable bonds is 9. The summed E-state index contributed by atoms with van der Waals surface area (Å²) in [6.45, 7) is 7.03. The fraction of sp³-hybridized carbons (Fsp3) is 0.524. The molecule has 9 heteroatoms. The number of carbonyl (C=O) groups is 1. The van der Waals surface area contributed by atoms with Crippen LogP contribution >= 0.6 is 11.3 Å². The summed E-state index contributed by atoms with van der Waals surface area (Å²) < 4.78 is 39.1. The second-order valence-electron chi connectivity index (χ2n) is 7.29. The second kappa shape index (κ2) is 10.7. The minimum Gasteiger partial charge on any atom is -0.480 e. The highest BCUT2D eigenvalue weighted by molar-refractivity contribution is 7.14. The Bertz CT molecular complexity index is 856. The number of nitrogens with zero attached hydrogens (tertiary/aromatic N) is 2. The molecule has 1 amide bonds. The zero-order valence-corrected chi connectivity index (χ0v) is 18.1. The third-order valence-electron chi connectivity index (χ3n) is 5.10. The monoisotopic (exact) mass is 439 g/mol. The largest absolute Gasteiger partial charge is 0.480 e. The third kappa shape index (κ3) is 5.66. The van der Waals surface area contributed by atoms with Crippen molar-refractivity contribution in [3.05, 3.63) is 29.1 Å². The number of hydrogen-bond donors (Lipinski definition) is 1. The molecule has 1 aromatic heterocycles. The molecule has 0 saturated carbocycles. The third-order valence-corrected chi connectivity index (χ3v) is 6.00. The van der Waals surface area contributed by atoms with Crippen LogP contribution in [0.2, 0.25) is 0 Å². The van der Waals surface area contributed by atoms with Gasteiger partial charge < -0.3 is 19.7 Å². The number of benzene rings is 1. The van der Waals surface area contributed by atoms with Crippen LogP contribution in [0.25, 0.3) is 11.3 Å². The number of anilines is 1. The number of nitrogens with one attached hydrogen (secondary N) is 1. The molecule has 2 aromatic rings. The van der Waals surface area contributed by atoms with Crippen molar-refractivity contribution in [2.24, 2.45) is 5.92 Å². The summed E-state index contributed by atoms with van der Waals surface area (Å²) in [7, 11) is 0. The van der Waals surface area contributed by atoms with Crippen LogP contribution < -0.4 is 15.0 Å². The molecule has 30 heavy (non-hydrogen) atoms. The van der Waals surface area contributed by atoms with E-state index in [-0.39, 0.29) is 11.7 Å². The van der Waals surface area contributed by atoms with E-state index in [1.807, 2.05) is 0 Å². The van der Waals surface area contributed by atoms with Crippen molar-refractivity contribution in [2.45, 2.75) is 26.7 Å². The van der Waals surface area contributed by atoms with Crippen molar-refractivity contribution >= 4 is 22.4 Å². The van der Waals surface area contributed by atoms with Crippen LogP contribution in [0.4, 0.5) is 13.9 Å². The maximum atomic E-state index is 14.5. The lowest BCUT2D eigenvalue weighted by Gasteiger charge is -2.26. The maximum Gasteiger partial charge on any atom is 0.257 e. The van der Waals surface area contributed by atoms with Crippen molar-refractivity contribution in [2.75, 3.05) is 44.4 Å². The van der Waals surface area contributed by atoms with Crippen molar-refractivity contribution in [3.63, 3.8) is 0 Å². The molecule has 0 radical (unpaired) electrons. The van der Waals surface area contributed by atoms with E-state index in [0.29, 0.717) is 36.9 Å². The minimum absolute atomic E-state index is 0.300. The normalized spacial score (nSPS) is 15.1. The molecule has 164 valence electrons. The second-order valence-corrected chi connectivity index (χ2v) is 8.13. The van der Waals surface area contributed by atoms with E-state index in [9.17, 15) is 13.6 Å². The summed E-state index contributed by atoms with van der Waals surface area (Å²) in [4.78, 5) is 18.7. The van der Waals surface area contributed by atoms with Gasteiger partial charge in [0.2, 0.25) is 5.82 Å². The highest BCUT2D eigenvalue weighted by Gasteiger charge is 2.21. The number of halogens is 2. The Morgan fingerprint density at radius 2 is 2.13 bits per heavy atom. The van der Waals surface area contributed by atoms with Crippen LogP contribution in [-0.2, 0) is 9.53 Å². The number of thiazole rings is 1. The van der Waals surface area contributed by atoms with Crippen LogP contribution in [0, 0.1) is 17.6 Å². The van der Waals surface area contributed by atoms with Gasteiger partial charge in [-0.25, -0.2) is 9.37 Å². The molecule has 1 aliphatic rings. The molecule has 1 fully saturated rings. The molecular formula is C21H27F2N3O3S. The van der Waals surface area contributed by atoms with Gasteiger partial charge in [-0.2, -0.15) is 4.39 Å². The van der Waals surface area contributed by atoms with Crippen LogP contribution in [0.1, 0.15) is 26.7 Å². The van der Waals surface area contributed by atoms with Gasteiger partial charge in [-0.05, 0) is 24.5 Å². The standard InChI is InChI=1S/C21H27F2N3O3S/c1-3-14(2)6-7-24-18(27)12-29-20-15(4-5-16(22)19(20)23)17-13-30-21(25-17)26-8-10-28-11-9-26/h4-5,13-14H,3,6-12H2,1-2H3,(H,24,27). The summed E-state index contributed by atoms with van der Waals surface area (Å²) in [5.41, 5.74) is 0.796. The van der Waals surface area contributed by atoms with Gasteiger partial charge in [0.15, 0.2) is 23.3 Å². The average molecular weight is 440 g/mol. The number of amides is 1. The summed E-state index contributed by atoms with van der Waals surface area (Å²) in [5, 5.41) is 5.30. The SMILES string of the molecule is CCC(C)CCNC(=O)COc1c(-c2csc(N3CCOCC3)n2)ccc(F)c1F. The van der Waals surface area contributed by atoms with E-state index in [1.165, 1.54) is 17.4 Å². The molecule has 1 aromatic carbocycles. The zero-order valence-electron chi connectivity index (χ0n) is 17.2. The Balaban J connectivity index is 1.70. The molecule has 1 atom stereocenters. The average Bonchev–Trinajstić information content (AvgIpc) is 3.25. The zero-order chi connectivity index (χ0) is 21.5. The van der Waals surface area contributed by atoms with Crippen LogP contribution in [0.3, 0.4) is 0 Å². The number of aromatic nitrogens is 1. The molecule has 0 aliphatic carbocycles. The van der Waals surface area contributed by atoms with Gasteiger partial charge in [-0.3, -0.25) is 4.79 Å². The van der Waals surface area contributed by atoms with Gasteiger partial charge in [0.05, 0.1) is 18.9 Å². The Hall–Kier alpha value is -2.26. The fourth-order valence-electron chi connectivity index (χ4n) is 3.01.